The van der Waals surface area contributed by atoms with Crippen molar-refractivity contribution >= 4 is 15.9 Å². The molecule has 1 N–H and O–H groups in total. The number of ether oxygens (including phenoxy) is 1. The average Bonchev–Trinajstić information content (AvgIpc) is 2.74. The Kier molecular flexibility index (Phi) is 3.21. The minimum absolute atomic E-state index is 0.395. The number of aliphatic hydroxyl groups excluding tert-OH is 1. The van der Waals surface area contributed by atoms with E-state index in [9.17, 15) is 5.11 Å². The fourth-order valence-electron chi connectivity index (χ4n) is 1.25. The Labute approximate surface area is 100 Å². The molecule has 0 aliphatic carbocycles. The summed E-state index contributed by atoms with van der Waals surface area (Å²) in [6.45, 7) is 0. The van der Waals surface area contributed by atoms with E-state index in [4.69, 9.17) is 9.15 Å². The molecule has 0 amide bonds. The Hall–Kier alpha value is -1.40. The second-order valence-corrected chi connectivity index (χ2v) is 3.87. The molecule has 2 aromatic rings. The average molecular weight is 285 g/mol. The number of halogens is 1. The highest BCUT2D eigenvalue weighted by atomic mass is 79.9. The van der Waals surface area contributed by atoms with Gasteiger partial charge >= 0.3 is 0 Å². The van der Waals surface area contributed by atoms with Crippen molar-refractivity contribution in [1.29, 1.82) is 0 Å². The number of hydrogen-bond acceptors (Lipinski definition) is 5. The van der Waals surface area contributed by atoms with Gasteiger partial charge in [0.1, 0.15) is 6.33 Å². The van der Waals surface area contributed by atoms with E-state index in [0.29, 0.717) is 21.8 Å². The summed E-state index contributed by atoms with van der Waals surface area (Å²) < 4.78 is 10.8. The first-order chi connectivity index (χ1) is 7.72. The highest BCUT2D eigenvalue weighted by molar-refractivity contribution is 9.10. The van der Waals surface area contributed by atoms with Crippen molar-refractivity contribution in [2.45, 2.75) is 6.10 Å². The van der Waals surface area contributed by atoms with Gasteiger partial charge in [-0.15, -0.1) is 0 Å². The molecule has 6 heteroatoms. The van der Waals surface area contributed by atoms with Crippen molar-refractivity contribution in [3.8, 4) is 5.88 Å². The van der Waals surface area contributed by atoms with Gasteiger partial charge in [-0.2, -0.15) is 0 Å². The zero-order chi connectivity index (χ0) is 11.5. The molecule has 0 radical (unpaired) electrons. The van der Waals surface area contributed by atoms with E-state index >= 15 is 0 Å². The van der Waals surface area contributed by atoms with Crippen molar-refractivity contribution in [3.05, 3.63) is 40.7 Å². The first-order valence-corrected chi connectivity index (χ1v) is 5.28. The number of furan rings is 1. The molecular formula is C10H9BrN2O3. The summed E-state index contributed by atoms with van der Waals surface area (Å²) in [5.41, 5.74) is 0.419. The molecule has 84 valence electrons. The van der Waals surface area contributed by atoms with Crippen LogP contribution in [0.5, 0.6) is 5.88 Å². The van der Waals surface area contributed by atoms with E-state index < -0.39 is 6.10 Å². The predicted octanol–water partition coefficient (Wildman–Crippen LogP) is 1.92. The Balaban J connectivity index is 2.33. The van der Waals surface area contributed by atoms with E-state index in [1.165, 1.54) is 19.7 Å². The third-order valence-electron chi connectivity index (χ3n) is 2.05. The maximum atomic E-state index is 10.0. The first kappa shape index (κ1) is 11.1. The van der Waals surface area contributed by atoms with Crippen LogP contribution in [0.2, 0.25) is 0 Å². The molecule has 0 bridgehead atoms. The van der Waals surface area contributed by atoms with Crippen molar-refractivity contribution in [2.75, 3.05) is 7.11 Å². The van der Waals surface area contributed by atoms with Gasteiger partial charge < -0.3 is 14.3 Å². The van der Waals surface area contributed by atoms with Gasteiger partial charge in [-0.25, -0.2) is 9.97 Å². The predicted molar refractivity (Wildman–Crippen MR) is 59.1 cm³/mol. The van der Waals surface area contributed by atoms with Gasteiger partial charge in [0, 0.05) is 6.07 Å². The molecule has 1 atom stereocenters. The van der Waals surface area contributed by atoms with Crippen LogP contribution < -0.4 is 4.74 Å². The Morgan fingerprint density at radius 3 is 2.94 bits per heavy atom. The number of aliphatic hydroxyl groups is 1. The molecule has 16 heavy (non-hydrogen) atoms. The number of aromatic nitrogens is 2. The van der Waals surface area contributed by atoms with Crippen LogP contribution in [0.3, 0.4) is 0 Å². The minimum atomic E-state index is -0.943. The molecule has 0 saturated heterocycles. The lowest BCUT2D eigenvalue weighted by Crippen LogP contribution is -2.03. The molecule has 2 rings (SSSR count). The van der Waals surface area contributed by atoms with Crippen LogP contribution in [0, 0.1) is 0 Å². The molecule has 2 aromatic heterocycles. The van der Waals surface area contributed by atoms with Crippen LogP contribution in [0.25, 0.3) is 0 Å². The van der Waals surface area contributed by atoms with Crippen LogP contribution >= 0.6 is 15.9 Å². The summed E-state index contributed by atoms with van der Waals surface area (Å²) in [5.74, 6) is 0.799. The van der Waals surface area contributed by atoms with Crippen LogP contribution in [-0.4, -0.2) is 22.2 Å². The molecule has 0 saturated carbocycles. The molecule has 2 heterocycles. The number of nitrogens with zero attached hydrogens (tertiary/aromatic N) is 2. The van der Waals surface area contributed by atoms with Gasteiger partial charge in [0.25, 0.3) is 0 Å². The number of hydrogen-bond donors (Lipinski definition) is 1. The maximum Gasteiger partial charge on any atom is 0.216 e. The molecule has 0 aliphatic rings. The van der Waals surface area contributed by atoms with Gasteiger partial charge in [-0.05, 0) is 22.0 Å². The maximum absolute atomic E-state index is 10.0. The SMILES string of the molecule is COc1cc(C(O)c2occc2Br)ncn1. The summed E-state index contributed by atoms with van der Waals surface area (Å²) in [6.07, 6.45) is 1.87. The fourth-order valence-corrected chi connectivity index (χ4v) is 1.67. The summed E-state index contributed by atoms with van der Waals surface area (Å²) >= 11 is 3.27. The second-order valence-electron chi connectivity index (χ2n) is 3.02. The topological polar surface area (TPSA) is 68.4 Å². The summed E-state index contributed by atoms with van der Waals surface area (Å²) in [6, 6.07) is 3.26. The number of rotatable bonds is 3. The normalized spacial score (nSPS) is 12.4. The lowest BCUT2D eigenvalue weighted by molar-refractivity contribution is 0.183. The van der Waals surface area contributed by atoms with Crippen LogP contribution in [0.4, 0.5) is 0 Å². The quantitative estimate of drug-likeness (QED) is 0.933. The van der Waals surface area contributed by atoms with E-state index in [1.807, 2.05) is 0 Å². The Morgan fingerprint density at radius 1 is 1.50 bits per heavy atom. The summed E-state index contributed by atoms with van der Waals surface area (Å²) in [5, 5.41) is 10.0. The molecule has 0 spiro atoms. The lowest BCUT2D eigenvalue weighted by Gasteiger charge is -2.08. The monoisotopic (exact) mass is 284 g/mol. The number of methoxy groups -OCH3 is 1. The lowest BCUT2D eigenvalue weighted by atomic mass is 10.2. The molecule has 5 nitrogen and oxygen atoms in total. The second kappa shape index (κ2) is 4.63. The third kappa shape index (κ3) is 2.07. The van der Waals surface area contributed by atoms with Crippen molar-refractivity contribution in [1.82, 2.24) is 9.97 Å². The van der Waals surface area contributed by atoms with Crippen LogP contribution in [0.1, 0.15) is 17.6 Å². The fraction of sp³-hybridized carbons (Fsp3) is 0.200. The van der Waals surface area contributed by atoms with Crippen molar-refractivity contribution < 1.29 is 14.3 Å². The first-order valence-electron chi connectivity index (χ1n) is 4.49. The van der Waals surface area contributed by atoms with E-state index in [0.717, 1.165) is 0 Å². The highest BCUT2D eigenvalue weighted by Crippen LogP contribution is 2.28. The van der Waals surface area contributed by atoms with Gasteiger partial charge in [-0.3, -0.25) is 0 Å². The minimum Gasteiger partial charge on any atom is -0.481 e. The molecule has 0 fully saturated rings. The van der Waals surface area contributed by atoms with E-state index in [2.05, 4.69) is 25.9 Å². The van der Waals surface area contributed by atoms with E-state index in [1.54, 1.807) is 12.1 Å². The standard InChI is InChI=1S/C10H9BrN2O3/c1-15-8-4-7(12-5-13-8)9(14)10-6(11)2-3-16-10/h2-5,9,14H,1H3. The highest BCUT2D eigenvalue weighted by Gasteiger charge is 2.19. The molecular weight excluding hydrogens is 276 g/mol. The van der Waals surface area contributed by atoms with E-state index in [-0.39, 0.29) is 0 Å². The van der Waals surface area contributed by atoms with Gasteiger partial charge in [0.2, 0.25) is 5.88 Å². The van der Waals surface area contributed by atoms with Crippen LogP contribution in [0.15, 0.2) is 33.6 Å². The molecule has 0 aliphatic heterocycles. The molecule has 0 aromatic carbocycles. The molecule has 1 unspecified atom stereocenters. The van der Waals surface area contributed by atoms with Gasteiger partial charge in [0.15, 0.2) is 11.9 Å². The third-order valence-corrected chi connectivity index (χ3v) is 2.70. The smallest absolute Gasteiger partial charge is 0.216 e. The summed E-state index contributed by atoms with van der Waals surface area (Å²) in [4.78, 5) is 7.82. The largest absolute Gasteiger partial charge is 0.481 e. The Morgan fingerprint density at radius 2 is 2.31 bits per heavy atom. The van der Waals surface area contributed by atoms with Gasteiger partial charge in [-0.1, -0.05) is 0 Å². The zero-order valence-corrected chi connectivity index (χ0v) is 10.0. The van der Waals surface area contributed by atoms with Gasteiger partial charge in [0.05, 0.1) is 23.5 Å². The van der Waals surface area contributed by atoms with Crippen LogP contribution in [-0.2, 0) is 0 Å². The summed E-state index contributed by atoms with van der Waals surface area (Å²) in [7, 11) is 1.50. The van der Waals surface area contributed by atoms with Crippen molar-refractivity contribution in [3.63, 3.8) is 0 Å². The van der Waals surface area contributed by atoms with Crippen molar-refractivity contribution in [2.24, 2.45) is 0 Å². The Bertz CT molecular complexity index is 486. The zero-order valence-electron chi connectivity index (χ0n) is 8.42.